The minimum Gasteiger partial charge on any atom is -0.476 e. The van der Waals surface area contributed by atoms with E-state index in [1.807, 2.05) is 24.3 Å². The first-order valence-corrected chi connectivity index (χ1v) is 12.0. The molecule has 2 aliphatic heterocycles. The lowest BCUT2D eigenvalue weighted by Gasteiger charge is -2.28. The summed E-state index contributed by atoms with van der Waals surface area (Å²) < 4.78 is 22.6. The van der Waals surface area contributed by atoms with E-state index in [2.05, 4.69) is 36.8 Å². The third-order valence-electron chi connectivity index (χ3n) is 5.67. The molecule has 174 valence electrons. The van der Waals surface area contributed by atoms with Crippen molar-refractivity contribution in [3.8, 4) is 5.88 Å². The number of ether oxygens (including phenoxy) is 3. The molecule has 9 nitrogen and oxygen atoms in total. The van der Waals surface area contributed by atoms with Gasteiger partial charge in [0.1, 0.15) is 18.1 Å². The molecular weight excluding hydrogens is 440 g/mol. The summed E-state index contributed by atoms with van der Waals surface area (Å²) in [5.41, 5.74) is 4.81. The number of hydrazone groups is 1. The highest BCUT2D eigenvalue weighted by molar-refractivity contribution is 7.13. The molecule has 0 atom stereocenters. The SMILES string of the molecule is C(=NNc1cc(OCCN2CCOCC2)nc(N2CCOCC2)c1)c1nsc2ccccc12. The summed E-state index contributed by atoms with van der Waals surface area (Å²) in [6.07, 6.45) is 1.76. The third-order valence-corrected chi connectivity index (χ3v) is 6.51. The van der Waals surface area contributed by atoms with Crippen molar-refractivity contribution < 1.29 is 14.2 Å². The van der Waals surface area contributed by atoms with Crippen LogP contribution < -0.4 is 15.1 Å². The van der Waals surface area contributed by atoms with Gasteiger partial charge in [0.05, 0.1) is 43.0 Å². The Hall–Kier alpha value is -2.79. The second-order valence-corrected chi connectivity index (χ2v) is 8.69. The Balaban J connectivity index is 1.28. The molecule has 0 spiro atoms. The third kappa shape index (κ3) is 5.77. The average Bonchev–Trinajstić information content (AvgIpc) is 3.28. The molecule has 2 fully saturated rings. The zero-order valence-corrected chi connectivity index (χ0v) is 19.3. The van der Waals surface area contributed by atoms with Gasteiger partial charge in [0.15, 0.2) is 0 Å². The molecule has 1 N–H and O–H groups in total. The van der Waals surface area contributed by atoms with E-state index < -0.39 is 0 Å². The first kappa shape index (κ1) is 22.0. The smallest absolute Gasteiger partial charge is 0.217 e. The van der Waals surface area contributed by atoms with Crippen molar-refractivity contribution in [2.75, 3.05) is 76.1 Å². The summed E-state index contributed by atoms with van der Waals surface area (Å²) in [7, 11) is 0. The first-order valence-electron chi connectivity index (χ1n) is 11.3. The lowest BCUT2D eigenvalue weighted by atomic mass is 10.2. The largest absolute Gasteiger partial charge is 0.476 e. The fourth-order valence-corrected chi connectivity index (χ4v) is 4.61. The molecule has 4 heterocycles. The minimum absolute atomic E-state index is 0.576. The van der Waals surface area contributed by atoms with Crippen LogP contribution in [-0.4, -0.2) is 86.2 Å². The number of nitrogens with one attached hydrogen (secondary N) is 1. The lowest BCUT2D eigenvalue weighted by Crippen LogP contribution is -2.38. The predicted molar refractivity (Wildman–Crippen MR) is 131 cm³/mol. The summed E-state index contributed by atoms with van der Waals surface area (Å²) in [4.78, 5) is 9.29. The second kappa shape index (κ2) is 10.9. The summed E-state index contributed by atoms with van der Waals surface area (Å²) in [6, 6.07) is 12.0. The molecule has 0 unspecified atom stereocenters. The van der Waals surface area contributed by atoms with E-state index in [9.17, 15) is 0 Å². The maximum absolute atomic E-state index is 6.04. The van der Waals surface area contributed by atoms with Crippen LogP contribution in [0.25, 0.3) is 10.1 Å². The van der Waals surface area contributed by atoms with E-state index in [0.717, 1.165) is 73.2 Å². The first-order chi connectivity index (χ1) is 16.3. The summed E-state index contributed by atoms with van der Waals surface area (Å²) in [5, 5.41) is 5.54. The Morgan fingerprint density at radius 1 is 1.06 bits per heavy atom. The number of nitrogens with zero attached hydrogens (tertiary/aromatic N) is 5. The van der Waals surface area contributed by atoms with Crippen molar-refractivity contribution in [2.45, 2.75) is 0 Å². The number of hydrogen-bond donors (Lipinski definition) is 1. The molecule has 2 saturated heterocycles. The fourth-order valence-electron chi connectivity index (χ4n) is 3.85. The number of benzene rings is 1. The molecule has 0 bridgehead atoms. The molecule has 1 aromatic carbocycles. The Morgan fingerprint density at radius 3 is 2.70 bits per heavy atom. The standard InChI is InChI=1S/C23H28N6O3S/c1-2-4-21-19(3-1)20(27-33-21)17-24-26-18-15-22(29-8-12-31-13-9-29)25-23(16-18)32-14-7-28-5-10-30-11-6-28/h1-4,15-17H,5-14H2,(H,25,26). The van der Waals surface area contributed by atoms with Gasteiger partial charge in [-0.2, -0.15) is 14.5 Å². The van der Waals surface area contributed by atoms with Crippen molar-refractivity contribution in [3.05, 3.63) is 42.1 Å². The maximum Gasteiger partial charge on any atom is 0.217 e. The van der Waals surface area contributed by atoms with Gasteiger partial charge in [-0.05, 0) is 17.6 Å². The zero-order chi connectivity index (χ0) is 22.3. The summed E-state index contributed by atoms with van der Waals surface area (Å²) >= 11 is 1.48. The van der Waals surface area contributed by atoms with Crippen LogP contribution in [-0.2, 0) is 9.47 Å². The molecule has 10 heteroatoms. The lowest BCUT2D eigenvalue weighted by molar-refractivity contribution is 0.0320. The van der Waals surface area contributed by atoms with Gasteiger partial charge < -0.3 is 19.1 Å². The molecule has 2 aromatic heterocycles. The van der Waals surface area contributed by atoms with Crippen molar-refractivity contribution in [1.29, 1.82) is 0 Å². The predicted octanol–water partition coefficient (Wildman–Crippen LogP) is 2.68. The van der Waals surface area contributed by atoms with Crippen molar-refractivity contribution in [3.63, 3.8) is 0 Å². The summed E-state index contributed by atoms with van der Waals surface area (Å²) in [5.74, 6) is 1.45. The Bertz CT molecular complexity index is 1080. The van der Waals surface area contributed by atoms with Crippen LogP contribution in [0.4, 0.5) is 11.5 Å². The van der Waals surface area contributed by atoms with Crippen LogP contribution in [0.1, 0.15) is 5.69 Å². The van der Waals surface area contributed by atoms with Gasteiger partial charge in [-0.15, -0.1) is 0 Å². The van der Waals surface area contributed by atoms with Crippen molar-refractivity contribution in [1.82, 2.24) is 14.3 Å². The van der Waals surface area contributed by atoms with E-state index in [4.69, 9.17) is 19.2 Å². The average molecular weight is 469 g/mol. The molecule has 33 heavy (non-hydrogen) atoms. The Labute approximate surface area is 197 Å². The number of anilines is 2. The minimum atomic E-state index is 0.576. The molecule has 0 saturated carbocycles. The fraction of sp³-hybridized carbons (Fsp3) is 0.435. The topological polar surface area (TPSA) is 84.3 Å². The van der Waals surface area contributed by atoms with Crippen LogP contribution in [0.2, 0.25) is 0 Å². The van der Waals surface area contributed by atoms with Crippen LogP contribution in [0.3, 0.4) is 0 Å². The van der Waals surface area contributed by atoms with Crippen molar-refractivity contribution >= 4 is 39.3 Å². The van der Waals surface area contributed by atoms with Gasteiger partial charge in [-0.1, -0.05) is 18.2 Å². The number of pyridine rings is 1. The van der Waals surface area contributed by atoms with Gasteiger partial charge in [-0.3, -0.25) is 10.3 Å². The van der Waals surface area contributed by atoms with Crippen molar-refractivity contribution in [2.24, 2.45) is 5.10 Å². The molecule has 5 rings (SSSR count). The Kier molecular flexibility index (Phi) is 7.27. The second-order valence-electron chi connectivity index (χ2n) is 7.89. The molecular formula is C23H28N6O3S. The summed E-state index contributed by atoms with van der Waals surface area (Å²) in [6.45, 7) is 7.88. The number of aromatic nitrogens is 2. The highest BCUT2D eigenvalue weighted by Gasteiger charge is 2.15. The van der Waals surface area contributed by atoms with Gasteiger partial charge in [-0.25, -0.2) is 0 Å². The number of fused-ring (bicyclic) bond motifs is 1. The molecule has 0 radical (unpaired) electrons. The molecule has 0 aliphatic carbocycles. The highest BCUT2D eigenvalue weighted by atomic mass is 32.1. The van der Waals surface area contributed by atoms with Gasteiger partial charge in [0.2, 0.25) is 5.88 Å². The van der Waals surface area contributed by atoms with Crippen LogP contribution >= 0.6 is 11.5 Å². The maximum atomic E-state index is 6.04. The van der Waals surface area contributed by atoms with Crippen LogP contribution in [0.15, 0.2) is 41.5 Å². The number of morpholine rings is 2. The monoisotopic (exact) mass is 468 g/mol. The number of hydrogen-bond acceptors (Lipinski definition) is 10. The normalized spacial score (nSPS) is 17.6. The van der Waals surface area contributed by atoms with Gasteiger partial charge in [0.25, 0.3) is 0 Å². The van der Waals surface area contributed by atoms with Crippen LogP contribution in [0.5, 0.6) is 5.88 Å². The van der Waals surface area contributed by atoms with E-state index in [0.29, 0.717) is 25.7 Å². The highest BCUT2D eigenvalue weighted by Crippen LogP contribution is 2.25. The number of rotatable bonds is 8. The van der Waals surface area contributed by atoms with Gasteiger partial charge in [0, 0.05) is 50.2 Å². The molecule has 3 aromatic rings. The quantitative estimate of drug-likeness (QED) is 0.399. The van der Waals surface area contributed by atoms with E-state index >= 15 is 0 Å². The zero-order valence-electron chi connectivity index (χ0n) is 18.5. The van der Waals surface area contributed by atoms with Gasteiger partial charge >= 0.3 is 0 Å². The van der Waals surface area contributed by atoms with E-state index in [-0.39, 0.29) is 0 Å². The molecule has 0 amide bonds. The van der Waals surface area contributed by atoms with Crippen LogP contribution in [0, 0.1) is 0 Å². The Morgan fingerprint density at radius 2 is 1.85 bits per heavy atom. The van der Waals surface area contributed by atoms with E-state index in [1.54, 1.807) is 6.21 Å². The molecule has 2 aliphatic rings. The van der Waals surface area contributed by atoms with E-state index in [1.165, 1.54) is 11.5 Å².